The van der Waals surface area contributed by atoms with Crippen LogP contribution in [0.3, 0.4) is 0 Å². The number of carbonyl (C=O) groups is 1. The number of hydrogen-bond donors (Lipinski definition) is 1. The standard InChI is InChI=1S/C19H17ClN2O2S/c1-12-3-5-14(6-4-12)17-11-25-19(24)22(17)10-18(23)21-16-8-7-15(20)9-13(16)2/h3-9,11H,10H2,1-2H3,(H,21,23). The molecular weight excluding hydrogens is 356 g/mol. The molecule has 2 aromatic carbocycles. The van der Waals surface area contributed by atoms with Gasteiger partial charge in [-0.3, -0.25) is 14.2 Å². The van der Waals surface area contributed by atoms with E-state index in [4.69, 9.17) is 11.6 Å². The number of rotatable bonds is 4. The highest BCUT2D eigenvalue weighted by atomic mass is 35.5. The first-order valence-electron chi connectivity index (χ1n) is 7.75. The molecule has 0 bridgehead atoms. The SMILES string of the molecule is Cc1ccc(-c2csc(=O)n2CC(=O)Nc2ccc(Cl)cc2C)cc1. The number of amides is 1. The van der Waals surface area contributed by atoms with Crippen LogP contribution < -0.4 is 10.2 Å². The van der Waals surface area contributed by atoms with Gasteiger partial charge in [-0.1, -0.05) is 52.8 Å². The molecule has 1 aromatic heterocycles. The number of anilines is 1. The fourth-order valence-electron chi connectivity index (χ4n) is 2.53. The lowest BCUT2D eigenvalue weighted by Gasteiger charge is -2.11. The molecule has 1 N–H and O–H groups in total. The second-order valence-corrected chi connectivity index (χ2v) is 7.10. The van der Waals surface area contributed by atoms with Gasteiger partial charge in [-0.25, -0.2) is 0 Å². The van der Waals surface area contributed by atoms with Crippen LogP contribution >= 0.6 is 22.9 Å². The maximum Gasteiger partial charge on any atom is 0.308 e. The average molecular weight is 373 g/mol. The summed E-state index contributed by atoms with van der Waals surface area (Å²) in [5.41, 5.74) is 4.37. The lowest BCUT2D eigenvalue weighted by Crippen LogP contribution is -2.25. The lowest BCUT2D eigenvalue weighted by molar-refractivity contribution is -0.116. The van der Waals surface area contributed by atoms with E-state index in [9.17, 15) is 9.59 Å². The Morgan fingerprint density at radius 2 is 1.88 bits per heavy atom. The van der Waals surface area contributed by atoms with Crippen molar-refractivity contribution in [2.45, 2.75) is 20.4 Å². The van der Waals surface area contributed by atoms with Gasteiger partial charge in [-0.15, -0.1) is 0 Å². The Labute approximate surface area is 154 Å². The zero-order valence-corrected chi connectivity index (χ0v) is 15.4. The zero-order valence-electron chi connectivity index (χ0n) is 13.9. The monoisotopic (exact) mass is 372 g/mol. The summed E-state index contributed by atoms with van der Waals surface area (Å²) in [6.07, 6.45) is 0. The van der Waals surface area contributed by atoms with Gasteiger partial charge in [0.2, 0.25) is 5.91 Å². The van der Waals surface area contributed by atoms with Crippen molar-refractivity contribution in [1.29, 1.82) is 0 Å². The Bertz CT molecular complexity index is 974. The van der Waals surface area contributed by atoms with Crippen LogP contribution in [0.1, 0.15) is 11.1 Å². The topological polar surface area (TPSA) is 51.1 Å². The average Bonchev–Trinajstić information content (AvgIpc) is 2.92. The van der Waals surface area contributed by atoms with E-state index in [1.807, 2.05) is 38.1 Å². The molecule has 128 valence electrons. The minimum atomic E-state index is -0.251. The van der Waals surface area contributed by atoms with Crippen molar-refractivity contribution in [1.82, 2.24) is 4.57 Å². The summed E-state index contributed by atoms with van der Waals surface area (Å²) in [5.74, 6) is -0.251. The van der Waals surface area contributed by atoms with E-state index in [0.29, 0.717) is 10.7 Å². The summed E-state index contributed by atoms with van der Waals surface area (Å²) in [6, 6.07) is 13.1. The summed E-state index contributed by atoms with van der Waals surface area (Å²) >= 11 is 7.03. The number of nitrogens with one attached hydrogen (secondary N) is 1. The quantitative estimate of drug-likeness (QED) is 0.733. The van der Waals surface area contributed by atoms with Crippen LogP contribution in [0.4, 0.5) is 5.69 Å². The molecule has 3 rings (SSSR count). The van der Waals surface area contributed by atoms with Crippen molar-refractivity contribution in [3.8, 4) is 11.3 Å². The van der Waals surface area contributed by atoms with Gasteiger partial charge >= 0.3 is 4.87 Å². The van der Waals surface area contributed by atoms with Crippen molar-refractivity contribution < 1.29 is 4.79 Å². The van der Waals surface area contributed by atoms with Gasteiger partial charge < -0.3 is 5.32 Å². The fraction of sp³-hybridized carbons (Fsp3) is 0.158. The zero-order chi connectivity index (χ0) is 18.0. The van der Waals surface area contributed by atoms with Crippen molar-refractivity contribution in [3.05, 3.63) is 73.7 Å². The van der Waals surface area contributed by atoms with E-state index in [1.165, 1.54) is 4.57 Å². The van der Waals surface area contributed by atoms with Gasteiger partial charge in [0, 0.05) is 16.1 Å². The molecule has 0 aliphatic carbocycles. The molecule has 0 saturated carbocycles. The molecule has 0 aliphatic heterocycles. The van der Waals surface area contributed by atoms with Crippen LogP contribution in [0.25, 0.3) is 11.3 Å². The summed E-state index contributed by atoms with van der Waals surface area (Å²) in [4.78, 5) is 24.4. The highest BCUT2D eigenvalue weighted by Gasteiger charge is 2.13. The number of hydrogen-bond acceptors (Lipinski definition) is 3. The van der Waals surface area contributed by atoms with Crippen molar-refractivity contribution in [2.75, 3.05) is 5.32 Å². The molecular formula is C19H17ClN2O2S. The van der Waals surface area contributed by atoms with Gasteiger partial charge in [0.05, 0.1) is 5.69 Å². The van der Waals surface area contributed by atoms with Crippen LogP contribution in [0.2, 0.25) is 5.02 Å². The van der Waals surface area contributed by atoms with Gasteiger partial charge in [0.25, 0.3) is 0 Å². The van der Waals surface area contributed by atoms with E-state index in [2.05, 4.69) is 5.32 Å². The lowest BCUT2D eigenvalue weighted by atomic mass is 10.1. The van der Waals surface area contributed by atoms with Gasteiger partial charge in [0.15, 0.2) is 0 Å². The Balaban J connectivity index is 1.83. The minimum Gasteiger partial charge on any atom is -0.324 e. The third-order valence-corrected chi connectivity index (χ3v) is 4.89. The van der Waals surface area contributed by atoms with E-state index in [-0.39, 0.29) is 17.3 Å². The number of benzene rings is 2. The van der Waals surface area contributed by atoms with Gasteiger partial charge in [-0.2, -0.15) is 0 Å². The molecule has 0 aliphatic rings. The van der Waals surface area contributed by atoms with Crippen LogP contribution in [-0.2, 0) is 11.3 Å². The van der Waals surface area contributed by atoms with Crippen LogP contribution in [-0.4, -0.2) is 10.5 Å². The molecule has 3 aromatic rings. The van der Waals surface area contributed by atoms with E-state index in [0.717, 1.165) is 33.7 Å². The van der Waals surface area contributed by atoms with Crippen molar-refractivity contribution in [3.63, 3.8) is 0 Å². The smallest absolute Gasteiger partial charge is 0.308 e. The maximum absolute atomic E-state index is 12.4. The van der Waals surface area contributed by atoms with E-state index < -0.39 is 0 Å². The third kappa shape index (κ3) is 4.00. The molecule has 0 fully saturated rings. The van der Waals surface area contributed by atoms with Gasteiger partial charge in [0.1, 0.15) is 6.54 Å². The molecule has 0 atom stereocenters. The first-order chi connectivity index (χ1) is 11.9. The Hall–Kier alpha value is -2.37. The molecule has 6 heteroatoms. The van der Waals surface area contributed by atoms with E-state index in [1.54, 1.807) is 23.6 Å². The molecule has 0 unspecified atom stereocenters. The summed E-state index contributed by atoms with van der Waals surface area (Å²) in [5, 5.41) is 5.24. The molecule has 25 heavy (non-hydrogen) atoms. The molecule has 4 nitrogen and oxygen atoms in total. The minimum absolute atomic E-state index is 0.0341. The maximum atomic E-state index is 12.4. The number of thiazole rings is 1. The number of halogens is 1. The number of aryl methyl sites for hydroxylation is 2. The first-order valence-corrected chi connectivity index (χ1v) is 9.01. The van der Waals surface area contributed by atoms with Crippen molar-refractivity contribution >= 4 is 34.5 Å². The predicted molar refractivity (Wildman–Crippen MR) is 104 cm³/mol. The summed E-state index contributed by atoms with van der Waals surface area (Å²) < 4.78 is 1.50. The highest BCUT2D eigenvalue weighted by Crippen LogP contribution is 2.22. The Morgan fingerprint density at radius 3 is 2.56 bits per heavy atom. The van der Waals surface area contributed by atoms with Crippen LogP contribution in [0.5, 0.6) is 0 Å². The Morgan fingerprint density at radius 1 is 1.16 bits per heavy atom. The molecule has 0 radical (unpaired) electrons. The molecule has 0 saturated heterocycles. The molecule has 1 heterocycles. The fourth-order valence-corrected chi connectivity index (χ4v) is 3.52. The van der Waals surface area contributed by atoms with Crippen LogP contribution in [0, 0.1) is 13.8 Å². The van der Waals surface area contributed by atoms with Gasteiger partial charge in [-0.05, 0) is 43.2 Å². The molecule has 0 spiro atoms. The largest absolute Gasteiger partial charge is 0.324 e. The predicted octanol–water partition coefficient (Wildman–Crippen LogP) is 4.49. The summed E-state index contributed by atoms with van der Waals surface area (Å²) in [6.45, 7) is 3.84. The van der Waals surface area contributed by atoms with E-state index >= 15 is 0 Å². The van der Waals surface area contributed by atoms with Crippen molar-refractivity contribution in [2.24, 2.45) is 0 Å². The number of carbonyl (C=O) groups excluding carboxylic acids is 1. The second-order valence-electron chi connectivity index (χ2n) is 5.85. The third-order valence-electron chi connectivity index (χ3n) is 3.89. The normalized spacial score (nSPS) is 10.7. The second kappa shape index (κ2) is 7.25. The Kier molecular flexibility index (Phi) is 5.06. The number of nitrogens with zero attached hydrogens (tertiary/aromatic N) is 1. The highest BCUT2D eigenvalue weighted by molar-refractivity contribution is 7.07. The van der Waals surface area contributed by atoms with Crippen LogP contribution in [0.15, 0.2) is 52.6 Å². The first kappa shape index (κ1) is 17.5. The molecule has 1 amide bonds. The summed E-state index contributed by atoms with van der Waals surface area (Å²) in [7, 11) is 0. The number of aromatic nitrogens is 1.